The lowest BCUT2D eigenvalue weighted by Gasteiger charge is -2.30. The topological polar surface area (TPSA) is 271 Å². The lowest BCUT2D eigenvalue weighted by molar-refractivity contribution is -0.142. The van der Waals surface area contributed by atoms with Crippen LogP contribution in [0.1, 0.15) is 51.5 Å². The lowest BCUT2D eigenvalue weighted by atomic mass is 10.00. The number of carbonyl (C=O) groups excluding carboxylic acids is 5. The van der Waals surface area contributed by atoms with Crippen molar-refractivity contribution in [1.82, 2.24) is 20.5 Å². The number of fused-ring (bicyclic) bond motifs is 1. The maximum absolute atomic E-state index is 13.8. The van der Waals surface area contributed by atoms with Crippen LogP contribution in [0.15, 0.2) is 35.5 Å². The number of aliphatic imine (C=N–C) groups is 1. The minimum absolute atomic E-state index is 0.0118. The molecule has 3 rings (SSSR count). The number of carbonyl (C=O) groups is 5. The quantitative estimate of drug-likeness (QED) is 0.0464. The molecule has 0 aliphatic carbocycles. The van der Waals surface area contributed by atoms with E-state index in [1.54, 1.807) is 6.20 Å². The highest BCUT2D eigenvalue weighted by molar-refractivity contribution is 6.08. The summed E-state index contributed by atoms with van der Waals surface area (Å²) in [6, 6.07) is 2.16. The molecule has 5 atom stereocenters. The zero-order chi connectivity index (χ0) is 33.3. The lowest BCUT2D eigenvalue weighted by Crippen LogP contribution is -2.58. The van der Waals surface area contributed by atoms with Gasteiger partial charge in [0.2, 0.25) is 23.6 Å². The van der Waals surface area contributed by atoms with Gasteiger partial charge in [0.1, 0.15) is 18.1 Å². The normalized spacial score (nSPS) is 17.4. The first-order valence-corrected chi connectivity index (χ1v) is 15.2. The smallest absolute Gasteiger partial charge is 0.245 e. The van der Waals surface area contributed by atoms with Crippen molar-refractivity contribution in [3.8, 4) is 0 Å². The number of benzene rings is 1. The number of rotatable bonds is 16. The molecule has 13 N–H and O–H groups in total. The summed E-state index contributed by atoms with van der Waals surface area (Å²) in [6.45, 7) is 4.23. The number of hydrogen-bond acceptors (Lipinski definition) is 8. The van der Waals surface area contributed by atoms with Crippen LogP contribution in [0.4, 0.5) is 0 Å². The number of nitrogens with two attached hydrogens (primary N) is 5. The van der Waals surface area contributed by atoms with Crippen LogP contribution >= 0.6 is 0 Å². The number of H-pyrrole nitrogens is 1. The van der Waals surface area contributed by atoms with Crippen molar-refractivity contribution in [2.75, 3.05) is 13.1 Å². The number of ketones is 1. The zero-order valence-corrected chi connectivity index (χ0v) is 25.8. The van der Waals surface area contributed by atoms with Crippen LogP contribution in [-0.2, 0) is 30.4 Å². The van der Waals surface area contributed by atoms with E-state index in [4.69, 9.17) is 28.7 Å². The Kier molecular flexibility index (Phi) is 12.4. The summed E-state index contributed by atoms with van der Waals surface area (Å²) in [5.74, 6) is -3.36. The number of aromatic amines is 1. The molecule has 1 fully saturated rings. The van der Waals surface area contributed by atoms with Crippen LogP contribution < -0.4 is 39.3 Å². The molecule has 2 aromatic rings. The van der Waals surface area contributed by atoms with Crippen LogP contribution in [0, 0.1) is 5.92 Å². The molecule has 15 nitrogen and oxygen atoms in total. The van der Waals surface area contributed by atoms with Crippen LogP contribution in [0.3, 0.4) is 0 Å². The van der Waals surface area contributed by atoms with E-state index in [1.807, 2.05) is 38.1 Å². The number of para-hydroxylation sites is 1. The molecule has 45 heavy (non-hydrogen) atoms. The third-order valence-corrected chi connectivity index (χ3v) is 7.83. The highest BCUT2D eigenvalue weighted by Gasteiger charge is 2.40. The summed E-state index contributed by atoms with van der Waals surface area (Å²) in [4.78, 5) is 73.5. The third kappa shape index (κ3) is 9.49. The number of primary amides is 1. The number of aromatic nitrogens is 1. The number of nitrogens with zero attached hydrogens (tertiary/aromatic N) is 2. The second-order valence-electron chi connectivity index (χ2n) is 11.8. The van der Waals surface area contributed by atoms with Crippen molar-refractivity contribution in [1.29, 1.82) is 0 Å². The van der Waals surface area contributed by atoms with Crippen molar-refractivity contribution in [2.24, 2.45) is 39.6 Å². The van der Waals surface area contributed by atoms with Gasteiger partial charge < -0.3 is 49.2 Å². The summed E-state index contributed by atoms with van der Waals surface area (Å²) < 4.78 is 0. The molecule has 1 unspecified atom stereocenters. The largest absolute Gasteiger partial charge is 0.370 e. The summed E-state index contributed by atoms with van der Waals surface area (Å²) in [5.41, 5.74) is 29.8. The molecule has 4 amide bonds. The van der Waals surface area contributed by atoms with E-state index in [-0.39, 0.29) is 44.2 Å². The SMILES string of the molecule is CC(C)C[C@H](NC(=O)[C@@H](N)Cc1c[nH]c2ccccc12)C(=O)N[C@@H](CCCN=C(N)N)C(=O)N1CCC[C@H]1C(=O)C(N)C(N)=O. The third-order valence-electron chi connectivity index (χ3n) is 7.83. The predicted molar refractivity (Wildman–Crippen MR) is 170 cm³/mol. The zero-order valence-electron chi connectivity index (χ0n) is 25.8. The van der Waals surface area contributed by atoms with Crippen molar-refractivity contribution in [3.63, 3.8) is 0 Å². The summed E-state index contributed by atoms with van der Waals surface area (Å²) in [5, 5.41) is 6.50. The number of Topliss-reactive ketones (excluding diaryl/α,β-unsaturated/α-hetero) is 1. The molecule has 1 aliphatic heterocycles. The Bertz CT molecular complexity index is 1400. The average Bonchev–Trinajstić information content (AvgIpc) is 3.64. The molecule has 1 aromatic carbocycles. The highest BCUT2D eigenvalue weighted by Crippen LogP contribution is 2.22. The monoisotopic (exact) mass is 626 g/mol. The summed E-state index contributed by atoms with van der Waals surface area (Å²) >= 11 is 0. The molecule has 0 spiro atoms. The van der Waals surface area contributed by atoms with E-state index in [2.05, 4.69) is 20.6 Å². The molecule has 1 aliphatic rings. The van der Waals surface area contributed by atoms with Gasteiger partial charge in [-0.3, -0.25) is 29.0 Å². The van der Waals surface area contributed by atoms with Crippen LogP contribution in [0.25, 0.3) is 10.9 Å². The van der Waals surface area contributed by atoms with Crippen molar-refractivity contribution < 1.29 is 24.0 Å². The molecule has 15 heteroatoms. The van der Waals surface area contributed by atoms with E-state index in [9.17, 15) is 24.0 Å². The molecule has 2 heterocycles. The van der Waals surface area contributed by atoms with Gasteiger partial charge in [-0.05, 0) is 56.1 Å². The van der Waals surface area contributed by atoms with Gasteiger partial charge in [-0.1, -0.05) is 32.0 Å². The number of hydrogen-bond donors (Lipinski definition) is 8. The highest BCUT2D eigenvalue weighted by atomic mass is 16.2. The van der Waals surface area contributed by atoms with Gasteiger partial charge in [-0.2, -0.15) is 0 Å². The van der Waals surface area contributed by atoms with Crippen molar-refractivity contribution in [3.05, 3.63) is 36.0 Å². The maximum Gasteiger partial charge on any atom is 0.245 e. The van der Waals surface area contributed by atoms with Crippen LogP contribution in [0.5, 0.6) is 0 Å². The molecule has 246 valence electrons. The number of guanidine groups is 1. The first kappa shape index (κ1) is 35.0. The minimum atomic E-state index is -1.56. The predicted octanol–water partition coefficient (Wildman–Crippen LogP) is -1.52. The molecule has 0 bridgehead atoms. The Morgan fingerprint density at radius 2 is 1.71 bits per heavy atom. The van der Waals surface area contributed by atoms with Crippen molar-refractivity contribution >= 4 is 46.3 Å². The van der Waals surface area contributed by atoms with E-state index in [0.717, 1.165) is 16.5 Å². The van der Waals surface area contributed by atoms with E-state index in [1.165, 1.54) is 4.90 Å². The fourth-order valence-electron chi connectivity index (χ4n) is 5.52. The maximum atomic E-state index is 13.8. The van der Waals surface area contributed by atoms with Gasteiger partial charge >= 0.3 is 0 Å². The Morgan fingerprint density at radius 3 is 2.38 bits per heavy atom. The second kappa shape index (κ2) is 16.0. The Balaban J connectivity index is 1.76. The summed E-state index contributed by atoms with van der Waals surface area (Å²) in [6.07, 6.45) is 3.62. The first-order chi connectivity index (χ1) is 21.3. The Morgan fingerprint density at radius 1 is 1.02 bits per heavy atom. The Labute approximate surface area is 262 Å². The van der Waals surface area contributed by atoms with E-state index < -0.39 is 59.6 Å². The van der Waals surface area contributed by atoms with Gasteiger partial charge in [-0.15, -0.1) is 0 Å². The van der Waals surface area contributed by atoms with E-state index in [0.29, 0.717) is 19.3 Å². The standard InChI is InChI=1S/C30H46N10O5/c1-16(2)13-22(39-27(43)19(31)14-17-15-37-20-8-4-3-7-18(17)20)28(44)38-21(9-5-11-36-30(34)35)29(45)40-12-6-10-23(40)25(41)24(32)26(33)42/h3-4,7-8,15-16,19,21-24,37H,5-6,9-14,31-32H2,1-2H3,(H2,33,42)(H,38,44)(H,39,43)(H4,34,35,36)/t19-,21-,22-,23-,24?/m0/s1. The Hall–Kier alpha value is -4.50. The van der Waals surface area contributed by atoms with Gasteiger partial charge in [0, 0.05) is 30.2 Å². The molecule has 1 saturated heterocycles. The molecule has 0 radical (unpaired) electrons. The minimum Gasteiger partial charge on any atom is -0.370 e. The molecule has 0 saturated carbocycles. The van der Waals surface area contributed by atoms with Crippen molar-refractivity contribution in [2.45, 2.75) is 82.6 Å². The van der Waals surface area contributed by atoms with Gasteiger partial charge in [0.15, 0.2) is 11.7 Å². The molecular weight excluding hydrogens is 580 g/mol. The fraction of sp³-hybridized carbons (Fsp3) is 0.533. The van der Waals surface area contributed by atoms with Crippen LogP contribution in [0.2, 0.25) is 0 Å². The second-order valence-corrected chi connectivity index (χ2v) is 11.8. The first-order valence-electron chi connectivity index (χ1n) is 15.2. The van der Waals surface area contributed by atoms with Gasteiger partial charge in [0.05, 0.1) is 12.1 Å². The molecular formula is C30H46N10O5. The fourth-order valence-corrected chi connectivity index (χ4v) is 5.52. The average molecular weight is 627 g/mol. The van der Waals surface area contributed by atoms with Crippen LogP contribution in [-0.4, -0.2) is 88.6 Å². The summed E-state index contributed by atoms with van der Waals surface area (Å²) in [7, 11) is 0. The van der Waals surface area contributed by atoms with Gasteiger partial charge in [0.25, 0.3) is 0 Å². The number of amides is 4. The number of nitrogens with one attached hydrogen (secondary N) is 3. The number of likely N-dealkylation sites (tertiary alicyclic amines) is 1. The van der Waals surface area contributed by atoms with E-state index >= 15 is 0 Å². The molecule has 1 aromatic heterocycles. The van der Waals surface area contributed by atoms with Gasteiger partial charge in [-0.25, -0.2) is 0 Å².